The van der Waals surface area contributed by atoms with E-state index in [2.05, 4.69) is 0 Å². The van der Waals surface area contributed by atoms with E-state index in [0.717, 1.165) is 0 Å². The van der Waals surface area contributed by atoms with Crippen molar-refractivity contribution in [2.75, 3.05) is 0 Å². The zero-order chi connectivity index (χ0) is 21.8. The minimum absolute atomic E-state index is 0.420. The first-order valence-electron chi connectivity index (χ1n) is 7.32. The Kier molecular flexibility index (Phi) is 5.01. The Morgan fingerprint density at radius 2 is 0.690 bits per heavy atom. The molecule has 0 fully saturated rings. The second-order valence-corrected chi connectivity index (χ2v) is 5.55. The fourth-order valence-corrected chi connectivity index (χ4v) is 2.65. The van der Waals surface area contributed by atoms with Gasteiger partial charge in [0.25, 0.3) is 0 Å². The van der Waals surface area contributed by atoms with Crippen LogP contribution in [0.4, 0.5) is 48.3 Å². The van der Waals surface area contributed by atoms with Gasteiger partial charge < -0.3 is 0 Å². The molecule has 0 spiro atoms. The largest absolute Gasteiger partial charge is 0.206 e. The Bertz CT molecular complexity index is 1110. The molecule has 0 nitrogen and oxygen atoms in total. The molecule has 11 heteroatoms. The van der Waals surface area contributed by atoms with Crippen LogP contribution in [0.25, 0.3) is 22.3 Å². The second kappa shape index (κ2) is 7.05. The Hall–Kier alpha value is -3.11. The SMILES string of the molecule is Fc1cccc(-c2c(F)c(F)c(F)c(F)c2F)c1-c1c(F)c(F)c(F)c(F)c1F. The average molecular weight is 428 g/mol. The van der Waals surface area contributed by atoms with E-state index in [4.69, 9.17) is 0 Å². The summed E-state index contributed by atoms with van der Waals surface area (Å²) in [7, 11) is 0. The molecule has 0 aliphatic carbocycles. The summed E-state index contributed by atoms with van der Waals surface area (Å²) >= 11 is 0. The molecule has 0 aromatic heterocycles. The lowest BCUT2D eigenvalue weighted by molar-refractivity contribution is 0.380. The van der Waals surface area contributed by atoms with Crippen LogP contribution in [0.5, 0.6) is 0 Å². The minimum Gasteiger partial charge on any atom is -0.206 e. The molecule has 3 rings (SSSR count). The highest BCUT2D eigenvalue weighted by atomic mass is 19.2. The van der Waals surface area contributed by atoms with E-state index in [9.17, 15) is 48.3 Å². The lowest BCUT2D eigenvalue weighted by Gasteiger charge is -2.16. The molecule has 0 saturated heterocycles. The summed E-state index contributed by atoms with van der Waals surface area (Å²) in [6.07, 6.45) is 0. The van der Waals surface area contributed by atoms with Gasteiger partial charge in [-0.25, -0.2) is 48.3 Å². The third kappa shape index (κ3) is 2.91. The molecule has 0 aliphatic heterocycles. The van der Waals surface area contributed by atoms with Crippen LogP contribution in [0.3, 0.4) is 0 Å². The molecule has 0 amide bonds. The van der Waals surface area contributed by atoms with Gasteiger partial charge in [0.15, 0.2) is 46.5 Å². The fourth-order valence-electron chi connectivity index (χ4n) is 2.65. The molecule has 29 heavy (non-hydrogen) atoms. The van der Waals surface area contributed by atoms with Crippen molar-refractivity contribution in [3.63, 3.8) is 0 Å². The number of hydrogen-bond donors (Lipinski definition) is 0. The second-order valence-electron chi connectivity index (χ2n) is 5.55. The highest BCUT2D eigenvalue weighted by Gasteiger charge is 2.33. The monoisotopic (exact) mass is 428 g/mol. The third-order valence-corrected chi connectivity index (χ3v) is 3.95. The summed E-state index contributed by atoms with van der Waals surface area (Å²) in [5.74, 6) is -27.0. The lowest BCUT2D eigenvalue weighted by Crippen LogP contribution is -2.08. The highest BCUT2D eigenvalue weighted by Crippen LogP contribution is 2.42. The average Bonchev–Trinajstić information content (AvgIpc) is 2.69. The van der Waals surface area contributed by atoms with E-state index in [1.807, 2.05) is 0 Å². The van der Waals surface area contributed by atoms with Gasteiger partial charge in [0.1, 0.15) is 5.82 Å². The van der Waals surface area contributed by atoms with Crippen molar-refractivity contribution in [2.24, 2.45) is 0 Å². The molecule has 3 aromatic rings. The Morgan fingerprint density at radius 1 is 0.345 bits per heavy atom. The maximum absolute atomic E-state index is 14.3. The summed E-state index contributed by atoms with van der Waals surface area (Å²) in [6.45, 7) is 0. The normalized spacial score (nSPS) is 11.3. The van der Waals surface area contributed by atoms with Crippen molar-refractivity contribution in [1.82, 2.24) is 0 Å². The van der Waals surface area contributed by atoms with Crippen LogP contribution in [0.1, 0.15) is 0 Å². The molecule has 0 bridgehead atoms. The van der Waals surface area contributed by atoms with E-state index < -0.39 is 86.2 Å². The van der Waals surface area contributed by atoms with Crippen molar-refractivity contribution in [3.05, 3.63) is 82.2 Å². The summed E-state index contributed by atoms with van der Waals surface area (Å²) < 4.78 is 151. The first kappa shape index (κ1) is 20.6. The standard InChI is InChI=1S/C18H3F11/c19-5-3-1-2-4(7-9(20)13(24)17(28)14(25)10(7)21)6(5)8-11(22)15(26)18(29)16(27)12(8)23/h1-3H. The third-order valence-electron chi connectivity index (χ3n) is 3.95. The molecule has 152 valence electrons. The predicted molar refractivity (Wildman–Crippen MR) is 76.9 cm³/mol. The molecule has 0 unspecified atom stereocenters. The molecule has 0 radical (unpaired) electrons. The fraction of sp³-hybridized carbons (Fsp3) is 0. The molecule has 0 heterocycles. The summed E-state index contributed by atoms with van der Waals surface area (Å²) in [5.41, 5.74) is -6.69. The van der Waals surface area contributed by atoms with E-state index in [-0.39, 0.29) is 0 Å². The Morgan fingerprint density at radius 3 is 1.10 bits per heavy atom. The first-order chi connectivity index (χ1) is 13.5. The molecule has 3 aromatic carbocycles. The first-order valence-corrected chi connectivity index (χ1v) is 7.32. The number of rotatable bonds is 2. The van der Waals surface area contributed by atoms with E-state index in [1.165, 1.54) is 0 Å². The zero-order valence-corrected chi connectivity index (χ0v) is 13.4. The molecule has 0 aliphatic rings. The quantitative estimate of drug-likeness (QED) is 0.247. The van der Waals surface area contributed by atoms with Crippen LogP contribution in [0.2, 0.25) is 0 Å². The van der Waals surface area contributed by atoms with Crippen molar-refractivity contribution >= 4 is 0 Å². The topological polar surface area (TPSA) is 0 Å². The maximum Gasteiger partial charge on any atom is 0.200 e. The van der Waals surface area contributed by atoms with Crippen molar-refractivity contribution in [1.29, 1.82) is 0 Å². The smallest absolute Gasteiger partial charge is 0.200 e. The highest BCUT2D eigenvalue weighted by molar-refractivity contribution is 5.85. The van der Waals surface area contributed by atoms with Gasteiger partial charge in [0, 0.05) is 5.56 Å². The Balaban J connectivity index is 2.52. The van der Waals surface area contributed by atoms with Crippen LogP contribution < -0.4 is 0 Å². The molecular weight excluding hydrogens is 425 g/mol. The van der Waals surface area contributed by atoms with Gasteiger partial charge in [-0.2, -0.15) is 0 Å². The van der Waals surface area contributed by atoms with Gasteiger partial charge in [-0.05, 0) is 11.6 Å². The number of halogens is 11. The van der Waals surface area contributed by atoms with Crippen LogP contribution >= 0.6 is 0 Å². The van der Waals surface area contributed by atoms with Gasteiger partial charge >= 0.3 is 0 Å². The summed E-state index contributed by atoms with van der Waals surface area (Å²) in [5, 5.41) is 0. The van der Waals surface area contributed by atoms with Crippen molar-refractivity contribution in [3.8, 4) is 22.3 Å². The maximum atomic E-state index is 14.3. The molecule has 0 atom stereocenters. The van der Waals surface area contributed by atoms with Gasteiger partial charge in [-0.3, -0.25) is 0 Å². The van der Waals surface area contributed by atoms with Crippen LogP contribution in [0, 0.1) is 64.0 Å². The van der Waals surface area contributed by atoms with Gasteiger partial charge in [-0.15, -0.1) is 0 Å². The molecule has 0 saturated carbocycles. The van der Waals surface area contributed by atoms with Crippen LogP contribution in [-0.4, -0.2) is 0 Å². The number of benzene rings is 3. The van der Waals surface area contributed by atoms with Crippen LogP contribution in [-0.2, 0) is 0 Å². The van der Waals surface area contributed by atoms with E-state index >= 15 is 0 Å². The van der Waals surface area contributed by atoms with Gasteiger partial charge in [-0.1, -0.05) is 12.1 Å². The van der Waals surface area contributed by atoms with Gasteiger partial charge in [0.2, 0.25) is 11.6 Å². The summed E-state index contributed by atoms with van der Waals surface area (Å²) in [4.78, 5) is 0. The summed E-state index contributed by atoms with van der Waals surface area (Å²) in [6, 6.07) is 1.57. The van der Waals surface area contributed by atoms with E-state index in [1.54, 1.807) is 0 Å². The lowest BCUT2D eigenvalue weighted by atomic mass is 9.92. The molecule has 0 N–H and O–H groups in total. The van der Waals surface area contributed by atoms with Crippen molar-refractivity contribution < 1.29 is 48.3 Å². The Labute approximate surface area is 153 Å². The van der Waals surface area contributed by atoms with E-state index in [0.29, 0.717) is 18.2 Å². The molecular formula is C18H3F11. The minimum atomic E-state index is -2.60. The van der Waals surface area contributed by atoms with Crippen LogP contribution in [0.15, 0.2) is 18.2 Å². The zero-order valence-electron chi connectivity index (χ0n) is 13.4. The number of hydrogen-bond acceptors (Lipinski definition) is 0. The van der Waals surface area contributed by atoms with Crippen molar-refractivity contribution in [2.45, 2.75) is 0 Å². The predicted octanol–water partition coefficient (Wildman–Crippen LogP) is 6.55. The van der Waals surface area contributed by atoms with Gasteiger partial charge in [0.05, 0.1) is 11.1 Å².